The van der Waals surface area contributed by atoms with Crippen molar-refractivity contribution in [2.75, 3.05) is 0 Å². The van der Waals surface area contributed by atoms with Gasteiger partial charge >= 0.3 is 0 Å². The van der Waals surface area contributed by atoms with Crippen LogP contribution in [0.3, 0.4) is 0 Å². The van der Waals surface area contributed by atoms with Gasteiger partial charge in [-0.05, 0) is 0 Å². The summed E-state index contributed by atoms with van der Waals surface area (Å²) in [5.74, 6) is 0. The Labute approximate surface area is 115 Å². The number of hydrogen-bond acceptors (Lipinski definition) is 3. The van der Waals surface area contributed by atoms with Crippen LogP contribution in [0.1, 0.15) is 20.3 Å². The molecule has 96 valence electrons. The van der Waals surface area contributed by atoms with Crippen molar-refractivity contribution in [1.29, 1.82) is 0 Å². The fourth-order valence-electron chi connectivity index (χ4n) is 0.650. The molecule has 0 unspecified atom stereocenters. The Balaban J connectivity index is -0.0000000734. The van der Waals surface area contributed by atoms with E-state index in [-0.39, 0.29) is 41.1 Å². The maximum atomic E-state index is 8.36. The second kappa shape index (κ2) is 24.0. The van der Waals surface area contributed by atoms with Gasteiger partial charge in [-0.25, -0.2) is 11.1 Å². The summed E-state index contributed by atoms with van der Waals surface area (Å²) in [5, 5.41) is 20.7. The summed E-state index contributed by atoms with van der Waals surface area (Å²) < 4.78 is 0. The molecule has 0 atom stereocenters. The van der Waals surface area contributed by atoms with E-state index in [1.54, 1.807) is 0 Å². The predicted octanol–water partition coefficient (Wildman–Crippen LogP) is 1.19. The van der Waals surface area contributed by atoms with Crippen LogP contribution in [0.5, 0.6) is 0 Å². The van der Waals surface area contributed by atoms with Gasteiger partial charge in [0.25, 0.3) is 19.4 Å². The molecule has 0 aliphatic heterocycles. The maximum absolute atomic E-state index is 8.36. The predicted molar refractivity (Wildman–Crippen MR) is 56.9 cm³/mol. The molecule has 6 nitrogen and oxygen atoms in total. The number of allylic oxidation sites excluding steroid dienone is 4. The van der Waals surface area contributed by atoms with E-state index in [1.165, 1.54) is 11.1 Å². The molecule has 0 aromatic heterocycles. The van der Waals surface area contributed by atoms with Crippen molar-refractivity contribution in [3.8, 4) is 0 Å². The quantitative estimate of drug-likeness (QED) is 0.349. The molecule has 0 saturated carbocycles. The number of hydrogen-bond donors (Lipinski definition) is 3. The molecule has 3 N–H and O–H groups in total. The van der Waals surface area contributed by atoms with Crippen molar-refractivity contribution in [2.45, 2.75) is 20.3 Å². The van der Waals surface area contributed by atoms with Crippen molar-refractivity contribution in [1.82, 2.24) is 0 Å². The number of rotatable bonds is 0. The molecule has 1 aliphatic carbocycles. The minimum atomic E-state index is -0.250. The van der Waals surface area contributed by atoms with Crippen LogP contribution in [0.25, 0.3) is 0 Å². The third-order valence-corrected chi connectivity index (χ3v) is 1.37. The molecule has 1 rings (SSSR count). The van der Waals surface area contributed by atoms with Gasteiger partial charge in [0.05, 0.1) is 0 Å². The second-order valence-electron chi connectivity index (χ2n) is 2.21. The molecule has 7 heteroatoms. The summed E-state index contributed by atoms with van der Waals surface area (Å²) in [6.07, 6.45) is 6.41. The number of carboxylic acid groups (broad SMARTS) is 3. The topological polar surface area (TPSA) is 112 Å². The molecule has 17 heavy (non-hydrogen) atoms. The Bertz CT molecular complexity index is 217. The first-order valence-corrected chi connectivity index (χ1v) is 4.03. The third kappa shape index (κ3) is 31.3. The molecule has 0 heterocycles. The van der Waals surface area contributed by atoms with Gasteiger partial charge in [-0.1, -0.05) is 6.92 Å². The van der Waals surface area contributed by atoms with Crippen molar-refractivity contribution >= 4 is 19.4 Å². The standard InChI is InChI=1S/C7H9.3CH2O2.Ti/c1-6-4-3-5-7(6)2;3*2-1-3;/h4H,3H2,1-2H3;3*1H,(H,2,3);/q-1;;;;. The molecule has 0 aromatic rings. The summed E-state index contributed by atoms with van der Waals surface area (Å²) in [5.41, 5.74) is 2.71. The van der Waals surface area contributed by atoms with Crippen LogP contribution in [0.4, 0.5) is 0 Å². The van der Waals surface area contributed by atoms with Crippen molar-refractivity contribution < 1.29 is 51.4 Å². The summed E-state index contributed by atoms with van der Waals surface area (Å²) in [6.45, 7) is 3.47. The zero-order valence-corrected chi connectivity index (χ0v) is 11.1. The zero-order chi connectivity index (χ0) is 13.4. The minimum Gasteiger partial charge on any atom is -0.483 e. The molecule has 0 aromatic carbocycles. The van der Waals surface area contributed by atoms with Crippen LogP contribution in [-0.4, -0.2) is 34.7 Å². The first kappa shape index (κ1) is 24.7. The fraction of sp³-hybridized carbons (Fsp3) is 0.300. The Morgan fingerprint density at radius 3 is 1.41 bits per heavy atom. The van der Waals surface area contributed by atoms with Gasteiger partial charge < -0.3 is 15.3 Å². The average molecular weight is 279 g/mol. The van der Waals surface area contributed by atoms with Crippen LogP contribution in [0.15, 0.2) is 17.2 Å². The monoisotopic (exact) mass is 279 g/mol. The average Bonchev–Trinajstić information content (AvgIpc) is 2.55. The van der Waals surface area contributed by atoms with E-state index in [9.17, 15) is 0 Å². The number of carbonyl (C=O) groups is 3. The third-order valence-electron chi connectivity index (χ3n) is 1.37. The fourth-order valence-corrected chi connectivity index (χ4v) is 0.650. The van der Waals surface area contributed by atoms with E-state index < -0.39 is 0 Å². The molecule has 0 bridgehead atoms. The summed E-state index contributed by atoms with van der Waals surface area (Å²) in [6, 6.07) is 0. The molecule has 0 spiro atoms. The largest absolute Gasteiger partial charge is 0.483 e. The van der Waals surface area contributed by atoms with E-state index in [0.29, 0.717) is 0 Å². The molecular formula is C10H15O6Ti-. The first-order chi connectivity index (χ1) is 7.55. The van der Waals surface area contributed by atoms with Crippen LogP contribution in [-0.2, 0) is 36.1 Å². The van der Waals surface area contributed by atoms with E-state index in [2.05, 4.69) is 26.0 Å². The van der Waals surface area contributed by atoms with Gasteiger partial charge in [0.15, 0.2) is 0 Å². The van der Waals surface area contributed by atoms with Crippen LogP contribution in [0.2, 0.25) is 0 Å². The Morgan fingerprint density at radius 2 is 1.35 bits per heavy atom. The first-order valence-electron chi connectivity index (χ1n) is 4.03. The van der Waals surface area contributed by atoms with Crippen LogP contribution in [0, 0.1) is 6.08 Å². The molecule has 0 saturated heterocycles. The molecule has 0 fully saturated rings. The normalized spacial score (nSPS) is 10.0. The molecule has 0 amide bonds. The Morgan fingerprint density at radius 1 is 1.06 bits per heavy atom. The van der Waals surface area contributed by atoms with Crippen molar-refractivity contribution in [3.63, 3.8) is 0 Å². The van der Waals surface area contributed by atoms with E-state index >= 15 is 0 Å². The van der Waals surface area contributed by atoms with Gasteiger partial charge in [0, 0.05) is 21.7 Å². The zero-order valence-electron chi connectivity index (χ0n) is 9.58. The van der Waals surface area contributed by atoms with E-state index in [4.69, 9.17) is 29.7 Å². The molecular weight excluding hydrogens is 264 g/mol. The summed E-state index contributed by atoms with van der Waals surface area (Å²) >= 11 is 0. The van der Waals surface area contributed by atoms with Gasteiger partial charge in [-0.3, -0.25) is 20.5 Å². The Hall–Kier alpha value is -1.40. The SMILES string of the molecule is CC1=[C-]CC=C1C.O=CO.O=CO.O=CO.[Ti]. The van der Waals surface area contributed by atoms with Crippen LogP contribution < -0.4 is 0 Å². The van der Waals surface area contributed by atoms with Crippen molar-refractivity contribution in [2.24, 2.45) is 0 Å². The van der Waals surface area contributed by atoms with Crippen LogP contribution >= 0.6 is 0 Å². The minimum absolute atomic E-state index is 0. The van der Waals surface area contributed by atoms with E-state index in [0.717, 1.165) is 6.42 Å². The van der Waals surface area contributed by atoms with Gasteiger partial charge in [0.2, 0.25) is 0 Å². The van der Waals surface area contributed by atoms with Crippen molar-refractivity contribution in [3.05, 3.63) is 23.3 Å². The smallest absolute Gasteiger partial charge is 0.290 e. The van der Waals surface area contributed by atoms with Gasteiger partial charge in [-0.2, -0.15) is 6.08 Å². The van der Waals surface area contributed by atoms with E-state index in [1.807, 2.05) is 0 Å². The second-order valence-corrected chi connectivity index (χ2v) is 2.21. The molecule has 0 radical (unpaired) electrons. The molecule has 1 aliphatic rings. The van der Waals surface area contributed by atoms with Gasteiger partial charge in [-0.15, -0.1) is 13.3 Å². The Kier molecular flexibility index (Phi) is 34.9. The van der Waals surface area contributed by atoms with Gasteiger partial charge in [0.1, 0.15) is 0 Å². The summed E-state index contributed by atoms with van der Waals surface area (Å²) in [4.78, 5) is 25.1. The maximum Gasteiger partial charge on any atom is 0.290 e. The summed E-state index contributed by atoms with van der Waals surface area (Å²) in [7, 11) is 0.